The number of nitrogens with zero attached hydrogens (tertiary/aromatic N) is 2. The van der Waals surface area contributed by atoms with E-state index in [1.165, 1.54) is 0 Å². The van der Waals surface area contributed by atoms with Gasteiger partial charge < -0.3 is 0 Å². The summed E-state index contributed by atoms with van der Waals surface area (Å²) < 4.78 is 0. The van der Waals surface area contributed by atoms with Gasteiger partial charge in [-0.2, -0.15) is 0 Å². The van der Waals surface area contributed by atoms with Crippen LogP contribution in [0.15, 0.2) is 97.2 Å². The van der Waals surface area contributed by atoms with E-state index >= 15 is 0 Å². The van der Waals surface area contributed by atoms with Crippen molar-refractivity contribution >= 4 is 22.6 Å². The lowest BCUT2D eigenvalue weighted by Crippen LogP contribution is -2.64. The van der Waals surface area contributed by atoms with Gasteiger partial charge in [0.05, 0.1) is 11.1 Å². The third-order valence-electron chi connectivity index (χ3n) is 6.67. The second-order valence-electron chi connectivity index (χ2n) is 8.81. The van der Waals surface area contributed by atoms with Gasteiger partial charge in [-0.15, -0.1) is 0 Å². The minimum atomic E-state index is -0.862. The summed E-state index contributed by atoms with van der Waals surface area (Å²) in [5.74, 6) is -0.185. The molecule has 1 aliphatic heterocycles. The van der Waals surface area contributed by atoms with Crippen LogP contribution < -0.4 is 5.43 Å². The first-order valence-electron chi connectivity index (χ1n) is 11.7. The highest BCUT2D eigenvalue weighted by atomic mass is 16.2. The molecule has 5 heteroatoms. The molecule has 1 aliphatic rings. The fraction of sp³-hybridized carbons (Fsp3) is 0.207. The molecule has 0 spiro atoms. The van der Waals surface area contributed by atoms with Gasteiger partial charge in [-0.1, -0.05) is 78.9 Å². The molecule has 170 valence electrons. The Morgan fingerprint density at radius 3 is 2.35 bits per heavy atom. The van der Waals surface area contributed by atoms with Crippen molar-refractivity contribution in [1.29, 1.82) is 0 Å². The third-order valence-corrected chi connectivity index (χ3v) is 6.67. The fourth-order valence-electron chi connectivity index (χ4n) is 4.97. The predicted molar refractivity (Wildman–Crippen MR) is 133 cm³/mol. The van der Waals surface area contributed by atoms with E-state index in [0.717, 1.165) is 29.3 Å². The maximum absolute atomic E-state index is 14.1. The van der Waals surface area contributed by atoms with Gasteiger partial charge in [0.25, 0.3) is 5.91 Å². The Balaban J connectivity index is 1.54. The zero-order valence-electron chi connectivity index (χ0n) is 19.0. The van der Waals surface area contributed by atoms with Crippen molar-refractivity contribution in [3.05, 3.63) is 114 Å². The lowest BCUT2D eigenvalue weighted by atomic mass is 9.77. The molecule has 1 saturated heterocycles. The van der Waals surface area contributed by atoms with E-state index in [2.05, 4.69) is 10.4 Å². The first-order valence-corrected chi connectivity index (χ1v) is 11.7. The topological polar surface area (TPSA) is 62.3 Å². The SMILES string of the molecule is O=C(NN1CCCCC1(Cc1ccccc1)C(=O)c1ccccc1)c1ccnc2ccccc12. The number of para-hydroxylation sites is 1. The maximum atomic E-state index is 14.1. The number of pyridine rings is 1. The zero-order chi connectivity index (χ0) is 23.4. The van der Waals surface area contributed by atoms with Crippen molar-refractivity contribution in [1.82, 2.24) is 15.4 Å². The van der Waals surface area contributed by atoms with E-state index in [4.69, 9.17) is 0 Å². The molecule has 0 aliphatic carbocycles. The summed E-state index contributed by atoms with van der Waals surface area (Å²) in [6.07, 6.45) is 4.69. The smallest absolute Gasteiger partial charge is 0.266 e. The Morgan fingerprint density at radius 2 is 1.56 bits per heavy atom. The maximum Gasteiger partial charge on any atom is 0.266 e. The van der Waals surface area contributed by atoms with E-state index in [0.29, 0.717) is 30.5 Å². The molecule has 0 radical (unpaired) electrons. The van der Waals surface area contributed by atoms with Crippen LogP contribution in [0.4, 0.5) is 0 Å². The van der Waals surface area contributed by atoms with E-state index in [9.17, 15) is 9.59 Å². The molecule has 1 unspecified atom stereocenters. The van der Waals surface area contributed by atoms with Crippen molar-refractivity contribution in [2.24, 2.45) is 0 Å². The monoisotopic (exact) mass is 449 g/mol. The van der Waals surface area contributed by atoms with Crippen LogP contribution in [0.3, 0.4) is 0 Å². The van der Waals surface area contributed by atoms with Gasteiger partial charge in [0.2, 0.25) is 0 Å². The number of aromatic nitrogens is 1. The zero-order valence-corrected chi connectivity index (χ0v) is 19.0. The molecule has 1 fully saturated rings. The fourth-order valence-corrected chi connectivity index (χ4v) is 4.97. The van der Waals surface area contributed by atoms with Gasteiger partial charge in [-0.3, -0.25) is 20.0 Å². The highest BCUT2D eigenvalue weighted by molar-refractivity contribution is 6.07. The molecular formula is C29H27N3O2. The van der Waals surface area contributed by atoms with Gasteiger partial charge in [0.1, 0.15) is 5.54 Å². The molecule has 3 aromatic carbocycles. The number of hydrogen-bond acceptors (Lipinski definition) is 4. The van der Waals surface area contributed by atoms with Crippen molar-refractivity contribution in [3.63, 3.8) is 0 Å². The Kier molecular flexibility index (Phi) is 6.19. The number of fused-ring (bicyclic) bond motifs is 1. The summed E-state index contributed by atoms with van der Waals surface area (Å²) in [6.45, 7) is 0.611. The lowest BCUT2D eigenvalue weighted by molar-refractivity contribution is 0.00794. The van der Waals surface area contributed by atoms with Gasteiger partial charge in [-0.05, 0) is 37.0 Å². The number of benzene rings is 3. The first kappa shape index (κ1) is 22.0. The van der Waals surface area contributed by atoms with Crippen molar-refractivity contribution in [2.75, 3.05) is 6.54 Å². The molecule has 0 bridgehead atoms. The van der Waals surface area contributed by atoms with Crippen LogP contribution >= 0.6 is 0 Å². The summed E-state index contributed by atoms with van der Waals surface area (Å²) >= 11 is 0. The Bertz CT molecular complexity index is 1300. The largest absolute Gasteiger partial charge is 0.292 e. The van der Waals surface area contributed by atoms with E-state index in [-0.39, 0.29) is 11.7 Å². The Hall–Kier alpha value is -3.83. The first-order chi connectivity index (χ1) is 16.7. The van der Waals surface area contributed by atoms with Crippen LogP contribution in [0.25, 0.3) is 10.9 Å². The summed E-state index contributed by atoms with van der Waals surface area (Å²) in [7, 11) is 0. The Morgan fingerprint density at radius 1 is 0.853 bits per heavy atom. The number of hydrazine groups is 1. The minimum absolute atomic E-state index is 0.0385. The molecule has 1 N–H and O–H groups in total. The molecule has 0 saturated carbocycles. The van der Waals surface area contributed by atoms with Gasteiger partial charge in [-0.25, -0.2) is 5.01 Å². The van der Waals surface area contributed by atoms with E-state index in [1.54, 1.807) is 12.3 Å². The molecule has 34 heavy (non-hydrogen) atoms. The van der Waals surface area contributed by atoms with Crippen LogP contribution in [0.5, 0.6) is 0 Å². The highest BCUT2D eigenvalue weighted by Gasteiger charge is 2.46. The van der Waals surface area contributed by atoms with Crippen LogP contribution in [0, 0.1) is 0 Å². The summed E-state index contributed by atoms with van der Waals surface area (Å²) in [5, 5.41) is 2.69. The normalized spacial score (nSPS) is 18.5. The van der Waals surface area contributed by atoms with E-state index < -0.39 is 5.54 Å². The number of ketones is 1. The molecule has 1 atom stereocenters. The van der Waals surface area contributed by atoms with Crippen LogP contribution in [0.2, 0.25) is 0 Å². The van der Waals surface area contributed by atoms with Gasteiger partial charge in [0.15, 0.2) is 5.78 Å². The third kappa shape index (κ3) is 4.22. The van der Waals surface area contributed by atoms with Crippen molar-refractivity contribution in [2.45, 2.75) is 31.2 Å². The van der Waals surface area contributed by atoms with Crippen LogP contribution in [0.1, 0.15) is 45.5 Å². The van der Waals surface area contributed by atoms with Crippen molar-refractivity contribution < 1.29 is 9.59 Å². The summed E-state index contributed by atoms with van der Waals surface area (Å²) in [5.41, 5.74) is 5.33. The number of Topliss-reactive ketones (excluding diaryl/α,β-unsaturated/α-hetero) is 1. The molecule has 5 rings (SSSR count). The highest BCUT2D eigenvalue weighted by Crippen LogP contribution is 2.34. The molecule has 2 heterocycles. The lowest BCUT2D eigenvalue weighted by Gasteiger charge is -2.46. The number of rotatable bonds is 6. The average Bonchev–Trinajstić information content (AvgIpc) is 2.90. The van der Waals surface area contributed by atoms with Crippen LogP contribution in [-0.2, 0) is 6.42 Å². The summed E-state index contributed by atoms with van der Waals surface area (Å²) in [4.78, 5) is 32.0. The van der Waals surface area contributed by atoms with E-state index in [1.807, 2.05) is 89.9 Å². The second-order valence-corrected chi connectivity index (χ2v) is 8.81. The number of piperidine rings is 1. The van der Waals surface area contributed by atoms with Gasteiger partial charge in [0, 0.05) is 30.1 Å². The molecule has 4 aromatic rings. The number of carbonyl (C=O) groups is 2. The molecule has 1 amide bonds. The van der Waals surface area contributed by atoms with Gasteiger partial charge >= 0.3 is 0 Å². The molecule has 1 aromatic heterocycles. The molecular weight excluding hydrogens is 422 g/mol. The quantitative estimate of drug-likeness (QED) is 0.410. The van der Waals surface area contributed by atoms with Crippen molar-refractivity contribution in [3.8, 4) is 0 Å². The standard InChI is InChI=1S/C29H27N3O2/c33-27(23-13-5-2-6-14-23)29(21-22-11-3-1-4-12-22)18-9-10-20-32(29)31-28(34)25-17-19-30-26-16-8-7-15-24(25)26/h1-8,11-17,19H,9-10,18,20-21H2,(H,31,34). The Labute approximate surface area is 199 Å². The number of carbonyl (C=O) groups excluding carboxylic acids is 2. The number of hydrogen-bond donors (Lipinski definition) is 1. The summed E-state index contributed by atoms with van der Waals surface area (Å²) in [6, 6.07) is 28.8. The average molecular weight is 450 g/mol. The predicted octanol–water partition coefficient (Wildman–Crippen LogP) is 5.23. The second kappa shape index (κ2) is 9.57. The van der Waals surface area contributed by atoms with Crippen LogP contribution in [-0.4, -0.2) is 33.8 Å². The molecule has 5 nitrogen and oxygen atoms in total. The minimum Gasteiger partial charge on any atom is -0.292 e. The number of amides is 1. The number of nitrogens with one attached hydrogen (secondary N) is 1.